The Kier molecular flexibility index (Phi) is 5.22. The van der Waals surface area contributed by atoms with E-state index in [9.17, 15) is 9.59 Å². The summed E-state index contributed by atoms with van der Waals surface area (Å²) in [5.41, 5.74) is 9.48. The van der Waals surface area contributed by atoms with E-state index in [2.05, 4.69) is 0 Å². The quantitative estimate of drug-likeness (QED) is 0.296. The first-order valence-corrected chi connectivity index (χ1v) is 9.28. The number of rotatable bonds is 5. The Morgan fingerprint density at radius 1 is 1.00 bits per heavy atom. The summed E-state index contributed by atoms with van der Waals surface area (Å²) in [6.45, 7) is 0.219. The summed E-state index contributed by atoms with van der Waals surface area (Å²) in [5.74, 6) is -0.949. The zero-order valence-corrected chi connectivity index (χ0v) is 16.3. The fraction of sp³-hybridized carbons (Fsp3) is 0.0833. The van der Waals surface area contributed by atoms with Crippen LogP contribution in [0.5, 0.6) is 0 Å². The second-order valence-electron chi connectivity index (χ2n) is 6.71. The maximum absolute atomic E-state index is 12.0. The largest absolute Gasteiger partial charge is 0.465 e. The molecule has 0 bridgehead atoms. The Morgan fingerprint density at radius 2 is 1.77 bits per heavy atom. The van der Waals surface area contributed by atoms with Crippen LogP contribution in [0, 0.1) is 0 Å². The van der Waals surface area contributed by atoms with Crippen molar-refractivity contribution < 1.29 is 23.5 Å². The number of furan rings is 1. The molecule has 0 aliphatic carbocycles. The lowest BCUT2D eigenvalue weighted by molar-refractivity contribution is -0.138. The minimum absolute atomic E-state index is 0.219. The molecular weight excluding hydrogens is 382 g/mol. The average Bonchev–Trinajstić information content (AvgIpc) is 3.12. The number of benzene rings is 3. The highest BCUT2D eigenvalue weighted by atomic mass is 16.5. The lowest BCUT2D eigenvalue weighted by atomic mass is 10.1. The van der Waals surface area contributed by atoms with Crippen molar-refractivity contribution >= 4 is 45.6 Å². The van der Waals surface area contributed by atoms with E-state index < -0.39 is 11.9 Å². The minimum atomic E-state index is -0.521. The molecule has 0 aliphatic rings. The van der Waals surface area contributed by atoms with Crippen LogP contribution < -0.4 is 5.73 Å². The summed E-state index contributed by atoms with van der Waals surface area (Å²) in [4.78, 5) is 23.8. The van der Waals surface area contributed by atoms with Gasteiger partial charge in [-0.1, -0.05) is 36.4 Å². The van der Waals surface area contributed by atoms with Crippen LogP contribution in [0.2, 0.25) is 0 Å². The van der Waals surface area contributed by atoms with Gasteiger partial charge in [0.25, 0.3) is 0 Å². The number of anilines is 1. The molecule has 30 heavy (non-hydrogen) atoms. The summed E-state index contributed by atoms with van der Waals surface area (Å²) >= 11 is 0. The molecule has 0 unspecified atom stereocenters. The molecule has 6 heteroatoms. The van der Waals surface area contributed by atoms with Gasteiger partial charge in [0, 0.05) is 22.5 Å². The van der Waals surface area contributed by atoms with Gasteiger partial charge in [-0.2, -0.15) is 0 Å². The van der Waals surface area contributed by atoms with Crippen LogP contribution in [-0.4, -0.2) is 19.0 Å². The molecule has 0 fully saturated rings. The second kappa shape index (κ2) is 8.13. The molecule has 1 heterocycles. The van der Waals surface area contributed by atoms with Crippen LogP contribution in [0.4, 0.5) is 5.69 Å². The first-order valence-electron chi connectivity index (χ1n) is 9.28. The predicted molar refractivity (Wildman–Crippen MR) is 115 cm³/mol. The molecule has 0 saturated carbocycles. The maximum Gasteiger partial charge on any atom is 0.340 e. The van der Waals surface area contributed by atoms with Crippen molar-refractivity contribution in [3.63, 3.8) is 0 Å². The van der Waals surface area contributed by atoms with Crippen LogP contribution in [0.3, 0.4) is 0 Å². The predicted octanol–water partition coefficient (Wildman–Crippen LogP) is 4.71. The molecule has 2 N–H and O–H groups in total. The highest BCUT2D eigenvalue weighted by molar-refractivity contribution is 6.10. The van der Waals surface area contributed by atoms with Crippen molar-refractivity contribution in [1.82, 2.24) is 0 Å². The number of nitrogen functional groups attached to an aromatic ring is 1. The fourth-order valence-electron chi connectivity index (χ4n) is 3.19. The Balaban J connectivity index is 1.57. The number of hydrogen-bond acceptors (Lipinski definition) is 6. The van der Waals surface area contributed by atoms with Crippen molar-refractivity contribution in [2.24, 2.45) is 0 Å². The van der Waals surface area contributed by atoms with Gasteiger partial charge in [-0.15, -0.1) is 0 Å². The van der Waals surface area contributed by atoms with Gasteiger partial charge in [-0.25, -0.2) is 9.59 Å². The number of methoxy groups -OCH3 is 1. The average molecular weight is 401 g/mol. The first kappa shape index (κ1) is 19.3. The lowest BCUT2D eigenvalue weighted by Crippen LogP contribution is -2.05. The number of fused-ring (bicyclic) bond motifs is 3. The number of carbonyl (C=O) groups excluding carboxylic acids is 2. The van der Waals surface area contributed by atoms with Crippen LogP contribution in [0.15, 0.2) is 71.2 Å². The van der Waals surface area contributed by atoms with Gasteiger partial charge in [0.2, 0.25) is 0 Å². The molecule has 0 amide bonds. The normalized spacial score (nSPS) is 11.2. The molecule has 1 aromatic heterocycles. The maximum atomic E-state index is 12.0. The summed E-state index contributed by atoms with van der Waals surface area (Å²) in [6.07, 6.45) is 3.06. The molecule has 0 aliphatic heterocycles. The molecule has 0 spiro atoms. The Morgan fingerprint density at radius 3 is 2.53 bits per heavy atom. The number of nitrogens with two attached hydrogens (primary N) is 1. The van der Waals surface area contributed by atoms with Gasteiger partial charge in [-0.05, 0) is 41.5 Å². The molecule has 4 aromatic rings. The third kappa shape index (κ3) is 3.89. The van der Waals surface area contributed by atoms with E-state index in [4.69, 9.17) is 19.6 Å². The highest BCUT2D eigenvalue weighted by Gasteiger charge is 2.15. The smallest absolute Gasteiger partial charge is 0.340 e. The van der Waals surface area contributed by atoms with Crippen molar-refractivity contribution in [3.8, 4) is 0 Å². The number of esters is 2. The van der Waals surface area contributed by atoms with Crippen LogP contribution in [0.25, 0.3) is 28.0 Å². The van der Waals surface area contributed by atoms with E-state index >= 15 is 0 Å². The SMILES string of the molecule is COC(=O)c1cc2oc3ccc(/C=C/C(=O)OCc4ccccc4)cc3c2cc1N. The number of ether oxygens (including phenoxy) is 2. The molecule has 6 nitrogen and oxygen atoms in total. The van der Waals surface area contributed by atoms with Gasteiger partial charge in [-0.3, -0.25) is 0 Å². The van der Waals surface area contributed by atoms with Crippen LogP contribution in [0.1, 0.15) is 21.5 Å². The van der Waals surface area contributed by atoms with Gasteiger partial charge >= 0.3 is 11.9 Å². The monoisotopic (exact) mass is 401 g/mol. The summed E-state index contributed by atoms with van der Waals surface area (Å²) in [6, 6.07) is 18.3. The Bertz CT molecular complexity index is 1270. The standard InChI is InChI=1S/C24H19NO5/c1-28-24(27)19-13-22-18(12-20(19)25)17-11-15(7-9-21(17)30-22)8-10-23(26)29-14-16-5-3-2-4-6-16/h2-13H,14,25H2,1H3/b10-8+. The minimum Gasteiger partial charge on any atom is -0.465 e. The van der Waals surface area contributed by atoms with Crippen molar-refractivity contribution in [1.29, 1.82) is 0 Å². The third-order valence-corrected chi connectivity index (χ3v) is 4.71. The topological polar surface area (TPSA) is 91.8 Å². The third-order valence-electron chi connectivity index (χ3n) is 4.71. The molecule has 0 radical (unpaired) electrons. The van der Waals surface area contributed by atoms with Crippen LogP contribution in [-0.2, 0) is 20.9 Å². The summed E-state index contributed by atoms with van der Waals surface area (Å²) < 4.78 is 15.8. The zero-order chi connectivity index (χ0) is 21.1. The van der Waals surface area contributed by atoms with Crippen molar-refractivity contribution in [2.75, 3.05) is 12.8 Å². The first-order chi connectivity index (χ1) is 14.5. The Labute approximate surface area is 172 Å². The molecule has 4 rings (SSSR count). The molecular formula is C24H19NO5. The van der Waals surface area contributed by atoms with Gasteiger partial charge in [0.15, 0.2) is 0 Å². The Hall–Kier alpha value is -4.06. The number of hydrogen-bond donors (Lipinski definition) is 1. The van der Waals surface area contributed by atoms with E-state index in [-0.39, 0.29) is 12.2 Å². The molecule has 150 valence electrons. The van der Waals surface area contributed by atoms with Crippen molar-refractivity contribution in [2.45, 2.75) is 6.61 Å². The fourth-order valence-corrected chi connectivity index (χ4v) is 3.19. The summed E-state index contributed by atoms with van der Waals surface area (Å²) in [7, 11) is 1.30. The molecule has 3 aromatic carbocycles. The van der Waals surface area contributed by atoms with Crippen LogP contribution >= 0.6 is 0 Å². The van der Waals surface area contributed by atoms with Gasteiger partial charge < -0.3 is 19.6 Å². The van der Waals surface area contributed by atoms with E-state index in [1.54, 1.807) is 24.3 Å². The number of carbonyl (C=O) groups is 2. The van der Waals surface area contributed by atoms with Gasteiger partial charge in [0.05, 0.1) is 12.7 Å². The van der Waals surface area contributed by atoms with E-state index in [0.29, 0.717) is 16.9 Å². The van der Waals surface area contributed by atoms with E-state index in [1.807, 2.05) is 42.5 Å². The van der Waals surface area contributed by atoms with E-state index in [0.717, 1.165) is 21.9 Å². The zero-order valence-electron chi connectivity index (χ0n) is 16.3. The second-order valence-corrected chi connectivity index (χ2v) is 6.71. The van der Waals surface area contributed by atoms with Gasteiger partial charge in [0.1, 0.15) is 17.8 Å². The highest BCUT2D eigenvalue weighted by Crippen LogP contribution is 2.33. The van der Waals surface area contributed by atoms with E-state index in [1.165, 1.54) is 13.2 Å². The summed E-state index contributed by atoms with van der Waals surface area (Å²) in [5, 5.41) is 1.60. The molecule has 0 saturated heterocycles. The lowest BCUT2D eigenvalue weighted by Gasteiger charge is -2.03. The molecule has 0 atom stereocenters. The van der Waals surface area contributed by atoms with Crippen molar-refractivity contribution in [3.05, 3.63) is 83.4 Å².